The lowest BCUT2D eigenvalue weighted by atomic mass is 9.85. The van der Waals surface area contributed by atoms with Gasteiger partial charge in [0.25, 0.3) is 11.8 Å². The Bertz CT molecular complexity index is 2050. The van der Waals surface area contributed by atoms with Crippen molar-refractivity contribution in [3.8, 4) is 5.88 Å². The molecule has 19 heteroatoms. The molecule has 2 aromatic rings. The van der Waals surface area contributed by atoms with E-state index in [0.29, 0.717) is 19.3 Å². The minimum atomic E-state index is -4.20. The highest BCUT2D eigenvalue weighted by Crippen LogP contribution is 2.49. The molecule has 1 aromatic heterocycles. The van der Waals surface area contributed by atoms with Crippen LogP contribution in [0.4, 0.5) is 22.4 Å². The molecule has 0 radical (unpaired) electrons. The summed E-state index contributed by atoms with van der Waals surface area (Å²) in [5.74, 6) is -10.00. The fraction of sp³-hybridized carbons (Fsp3) is 0.684. The van der Waals surface area contributed by atoms with Crippen LogP contribution in [0.3, 0.4) is 0 Å². The Hall–Kier alpha value is -4.29. The summed E-state index contributed by atoms with van der Waals surface area (Å²) in [6.07, 6.45) is -4.61. The number of amides is 4. The van der Waals surface area contributed by atoms with Gasteiger partial charge in [-0.3, -0.25) is 19.1 Å². The van der Waals surface area contributed by atoms with Crippen LogP contribution in [0.5, 0.6) is 5.88 Å². The van der Waals surface area contributed by atoms with E-state index in [1.54, 1.807) is 45.9 Å². The van der Waals surface area contributed by atoms with Crippen molar-refractivity contribution in [2.24, 2.45) is 23.2 Å². The summed E-state index contributed by atoms with van der Waals surface area (Å²) in [6, 6.07) is 3.51. The fourth-order valence-electron chi connectivity index (χ4n) is 8.17. The predicted octanol–water partition coefficient (Wildman–Crippen LogP) is 4.56. The molecule has 3 saturated carbocycles. The summed E-state index contributed by atoms with van der Waals surface area (Å²) < 4.78 is 100. The van der Waals surface area contributed by atoms with Gasteiger partial charge in [0.2, 0.25) is 34.1 Å². The quantitative estimate of drug-likeness (QED) is 0.335. The molecular weight excluding hydrogens is 777 g/mol. The lowest BCUT2D eigenvalue weighted by molar-refractivity contribution is -0.144. The lowest BCUT2D eigenvalue weighted by Gasteiger charge is -2.36. The number of aromatic nitrogens is 2. The van der Waals surface area contributed by atoms with Gasteiger partial charge in [0, 0.05) is 12.3 Å². The molecule has 3 heterocycles. The Morgan fingerprint density at radius 1 is 1.04 bits per heavy atom. The number of carbonyl (C=O) groups excluding carboxylic acids is 4. The molecule has 4 fully saturated rings. The van der Waals surface area contributed by atoms with Crippen molar-refractivity contribution in [1.29, 1.82) is 0 Å². The molecule has 4 amide bonds. The number of halogens is 4. The van der Waals surface area contributed by atoms with Crippen LogP contribution in [0.15, 0.2) is 24.3 Å². The first-order valence-corrected chi connectivity index (χ1v) is 21.1. The van der Waals surface area contributed by atoms with Crippen LogP contribution in [-0.4, -0.2) is 95.2 Å². The van der Waals surface area contributed by atoms with Gasteiger partial charge in [-0.15, -0.1) is 0 Å². The average Bonchev–Trinajstić information content (AvgIpc) is 4.04. The number of sulfonamides is 1. The third kappa shape index (κ3) is 8.22. The number of nitrogens with one attached hydrogen (secondary N) is 3. The first-order chi connectivity index (χ1) is 26.8. The van der Waals surface area contributed by atoms with E-state index in [-0.39, 0.29) is 42.6 Å². The molecule has 3 N–H and O–H groups in total. The molecule has 2 aliphatic heterocycles. The monoisotopic (exact) mass is 824 g/mol. The number of carbonyl (C=O) groups is 4. The van der Waals surface area contributed by atoms with E-state index in [1.807, 2.05) is 4.72 Å². The number of hydrogen-bond donors (Lipinski definition) is 3. The molecule has 3 aliphatic carbocycles. The van der Waals surface area contributed by atoms with Crippen molar-refractivity contribution >= 4 is 44.9 Å². The molecule has 14 nitrogen and oxygen atoms in total. The first-order valence-electron chi connectivity index (χ1n) is 19.5. The first kappa shape index (κ1) is 40.9. The summed E-state index contributed by atoms with van der Waals surface area (Å²) in [5.41, 5.74) is -3.59. The van der Waals surface area contributed by atoms with Gasteiger partial charge in [0.05, 0.1) is 28.7 Å². The zero-order chi connectivity index (χ0) is 41.2. The maximum Gasteiger partial charge on any atom is 0.408 e. The van der Waals surface area contributed by atoms with Crippen molar-refractivity contribution in [3.05, 3.63) is 30.0 Å². The van der Waals surface area contributed by atoms with Gasteiger partial charge in [-0.05, 0) is 68.4 Å². The number of alkyl halides is 4. The maximum absolute atomic E-state index is 16.2. The average molecular weight is 825 g/mol. The maximum atomic E-state index is 16.2. The van der Waals surface area contributed by atoms with Crippen LogP contribution >= 0.6 is 0 Å². The second-order valence-electron chi connectivity index (χ2n) is 17.1. The largest absolute Gasteiger partial charge is 0.471 e. The number of nitrogens with zero attached hydrogens (tertiary/aromatic N) is 3. The molecule has 1 aromatic carbocycles. The second-order valence-corrected chi connectivity index (χ2v) is 19.1. The van der Waals surface area contributed by atoms with Gasteiger partial charge in [0.15, 0.2) is 5.69 Å². The number of rotatable bonds is 7. The van der Waals surface area contributed by atoms with Crippen LogP contribution in [0.1, 0.15) is 91.2 Å². The third-order valence-corrected chi connectivity index (χ3v) is 13.7. The van der Waals surface area contributed by atoms with Crippen molar-refractivity contribution < 1.29 is 54.6 Å². The van der Waals surface area contributed by atoms with Crippen LogP contribution in [0, 0.1) is 23.2 Å². The predicted molar refractivity (Wildman–Crippen MR) is 195 cm³/mol. The molecular formula is C38H48F4N6O8S. The van der Waals surface area contributed by atoms with Crippen molar-refractivity contribution in [3.63, 3.8) is 0 Å². The fourth-order valence-corrected chi connectivity index (χ4v) is 9.54. The zero-order valence-electron chi connectivity index (χ0n) is 32.1. The molecule has 312 valence electrons. The highest BCUT2D eigenvalue weighted by molar-refractivity contribution is 7.91. The van der Waals surface area contributed by atoms with E-state index < -0.39 is 129 Å². The molecule has 7 rings (SSSR count). The summed E-state index contributed by atoms with van der Waals surface area (Å²) in [4.78, 5) is 65.8. The standard InChI is InChI=1S/C38H48F4N6O8S/c1-5-21-26-18-48(27(21)31(49)46-37(17-22(37)30(39)40)34(51)47-57(53,54)20-13-14-20)33(50)29(36(2,3)4)45-35(52)56-25-16-19(25)10-8-9-15-38(41,42)28-32(55-26)44-24-12-7-6-11-23(24)43-28/h6-7,11-12,19-22,25-27,29-30H,5,8-10,13-18H2,1-4H3,(H,45,52)(H,46,49)(H,47,51)/t19-,21-,22+,25-,26+,27+,29-,37-/m1/s1. The Morgan fingerprint density at radius 2 is 1.72 bits per heavy atom. The minimum absolute atomic E-state index is 0.0487. The number of para-hydroxylation sites is 2. The Kier molecular flexibility index (Phi) is 10.6. The number of hydrogen-bond acceptors (Lipinski definition) is 10. The summed E-state index contributed by atoms with van der Waals surface area (Å²) in [5, 5.41) is 4.18. The molecule has 1 saturated heterocycles. The zero-order valence-corrected chi connectivity index (χ0v) is 32.9. The third-order valence-electron chi connectivity index (χ3n) is 11.8. The van der Waals surface area contributed by atoms with Gasteiger partial charge in [-0.1, -0.05) is 46.2 Å². The van der Waals surface area contributed by atoms with Crippen molar-refractivity contribution in [2.45, 2.75) is 133 Å². The van der Waals surface area contributed by atoms with E-state index >= 15 is 8.78 Å². The highest BCUT2D eigenvalue weighted by Gasteiger charge is 2.67. The van der Waals surface area contributed by atoms with Gasteiger partial charge >= 0.3 is 6.09 Å². The minimum Gasteiger partial charge on any atom is -0.471 e. The summed E-state index contributed by atoms with van der Waals surface area (Å²) in [7, 11) is -4.20. The number of ether oxygens (including phenoxy) is 2. The SMILES string of the molecule is CC[C@@H]1[C@@H]2CN(C(=O)[C@H](C(C)(C)C)NC(=O)O[C@@H]3C[C@H]3CCCCC(F)(F)c3nc4ccccc4nc3O2)[C@@H]1C(=O)N[C@]1(C(=O)NS(=O)(=O)C2CC2)C[C@H]1C(F)F. The second kappa shape index (κ2) is 14.8. The van der Waals surface area contributed by atoms with Crippen LogP contribution in [0.2, 0.25) is 0 Å². The number of alkyl carbamates (subject to hydrolysis) is 1. The Morgan fingerprint density at radius 3 is 2.33 bits per heavy atom. The van der Waals surface area contributed by atoms with E-state index in [9.17, 15) is 36.4 Å². The summed E-state index contributed by atoms with van der Waals surface area (Å²) >= 11 is 0. The topological polar surface area (TPSA) is 186 Å². The normalized spacial score (nSPS) is 31.8. The smallest absolute Gasteiger partial charge is 0.408 e. The van der Waals surface area contributed by atoms with Gasteiger partial charge in [-0.2, -0.15) is 8.78 Å². The highest BCUT2D eigenvalue weighted by atomic mass is 32.2. The summed E-state index contributed by atoms with van der Waals surface area (Å²) in [6.45, 7) is 6.27. The molecule has 0 spiro atoms. The molecule has 2 bridgehead atoms. The number of fused-ring (bicyclic) bond motifs is 5. The molecule has 5 aliphatic rings. The van der Waals surface area contributed by atoms with Crippen LogP contribution in [-0.2, 0) is 35.1 Å². The van der Waals surface area contributed by atoms with E-state index in [4.69, 9.17) is 9.47 Å². The van der Waals surface area contributed by atoms with Gasteiger partial charge in [0.1, 0.15) is 29.8 Å². The molecule has 8 atom stereocenters. The van der Waals surface area contributed by atoms with E-state index in [1.165, 1.54) is 6.07 Å². The molecule has 0 unspecified atom stereocenters. The van der Waals surface area contributed by atoms with Crippen molar-refractivity contribution in [1.82, 2.24) is 30.2 Å². The van der Waals surface area contributed by atoms with Gasteiger partial charge in [-0.25, -0.2) is 32.0 Å². The Balaban J connectivity index is 1.29. The lowest BCUT2D eigenvalue weighted by Crippen LogP contribution is -2.61. The molecule has 57 heavy (non-hydrogen) atoms. The van der Waals surface area contributed by atoms with E-state index in [2.05, 4.69) is 20.6 Å². The van der Waals surface area contributed by atoms with Crippen LogP contribution < -0.4 is 20.1 Å². The van der Waals surface area contributed by atoms with Crippen LogP contribution in [0.25, 0.3) is 11.0 Å². The number of benzene rings is 1. The Labute approximate surface area is 327 Å². The van der Waals surface area contributed by atoms with Crippen molar-refractivity contribution in [2.75, 3.05) is 6.54 Å². The van der Waals surface area contributed by atoms with E-state index in [0.717, 1.165) is 4.90 Å². The van der Waals surface area contributed by atoms with Gasteiger partial charge < -0.3 is 25.0 Å².